The number of carboxylic acid groups (broad SMARTS) is 1. The highest BCUT2D eigenvalue weighted by molar-refractivity contribution is 5.88. The molecule has 0 amide bonds. The fourth-order valence-corrected chi connectivity index (χ4v) is 4.66. The van der Waals surface area contributed by atoms with Crippen LogP contribution in [0.5, 0.6) is 0 Å². The Morgan fingerprint density at radius 2 is 1.97 bits per heavy atom. The first-order chi connectivity index (χ1) is 17.5. The average molecular weight is 509 g/mol. The lowest BCUT2D eigenvalue weighted by molar-refractivity contribution is -0.141. The van der Waals surface area contributed by atoms with Gasteiger partial charge in [0.25, 0.3) is 0 Å². The zero-order valence-corrected chi connectivity index (χ0v) is 19.6. The molecule has 1 atom stereocenters. The summed E-state index contributed by atoms with van der Waals surface area (Å²) >= 11 is 0. The van der Waals surface area contributed by atoms with Gasteiger partial charge in [-0.25, -0.2) is 19.4 Å². The predicted octanol–water partition coefficient (Wildman–Crippen LogP) is 5.00. The maximum Gasteiger partial charge on any atom is 0.433 e. The van der Waals surface area contributed by atoms with Gasteiger partial charge in [-0.1, -0.05) is 6.07 Å². The van der Waals surface area contributed by atoms with Crippen LogP contribution in [0.3, 0.4) is 0 Å². The molecule has 1 aliphatic rings. The minimum absolute atomic E-state index is 0.170. The number of hydrogen-bond donors (Lipinski definition) is 3. The lowest BCUT2D eigenvalue weighted by Crippen LogP contribution is -2.31. The molecule has 0 saturated heterocycles. The van der Waals surface area contributed by atoms with Crippen molar-refractivity contribution >= 4 is 17.6 Å². The van der Waals surface area contributed by atoms with Crippen LogP contribution in [0.15, 0.2) is 61.1 Å². The summed E-state index contributed by atoms with van der Waals surface area (Å²) in [6.45, 7) is 1.83. The van der Waals surface area contributed by atoms with Crippen molar-refractivity contribution in [3.63, 3.8) is 0 Å². The molecule has 190 valence electrons. The first-order valence-corrected chi connectivity index (χ1v) is 11.5. The third kappa shape index (κ3) is 4.77. The summed E-state index contributed by atoms with van der Waals surface area (Å²) in [5.41, 5.74) is 1.66. The Kier molecular flexibility index (Phi) is 5.95. The average Bonchev–Trinajstić information content (AvgIpc) is 3.35. The second kappa shape index (κ2) is 9.00. The predicted molar refractivity (Wildman–Crippen MR) is 128 cm³/mol. The van der Waals surface area contributed by atoms with E-state index >= 15 is 0 Å². The Morgan fingerprint density at radius 1 is 1.16 bits per heavy atom. The summed E-state index contributed by atoms with van der Waals surface area (Å²) in [6, 6.07) is 10.8. The van der Waals surface area contributed by atoms with Gasteiger partial charge < -0.3 is 15.5 Å². The standard InChI is InChI=1S/C26H22F3N5O3/c1-15-9-19(32-24-30-8-6-22(33-24)26(27,28)29)12-20(10-15)34-14-18(13-31-34)25(37)7-2-3-16-11-17(23(35)36)4-5-21(16)25/h4-6,8-14,37H,2-3,7H2,1H3,(H,35,36)(H,30,32,33). The number of carboxylic acids is 1. The molecule has 0 saturated carbocycles. The highest BCUT2D eigenvalue weighted by Gasteiger charge is 2.37. The first-order valence-electron chi connectivity index (χ1n) is 11.5. The summed E-state index contributed by atoms with van der Waals surface area (Å²) < 4.78 is 40.6. The molecule has 11 heteroatoms. The molecule has 1 aliphatic carbocycles. The monoisotopic (exact) mass is 509 g/mol. The second-order valence-corrected chi connectivity index (χ2v) is 9.01. The van der Waals surface area contributed by atoms with Gasteiger partial charge >= 0.3 is 12.1 Å². The van der Waals surface area contributed by atoms with E-state index in [9.17, 15) is 28.2 Å². The zero-order chi connectivity index (χ0) is 26.4. The van der Waals surface area contributed by atoms with E-state index in [1.807, 2.05) is 13.0 Å². The van der Waals surface area contributed by atoms with Gasteiger partial charge in [0, 0.05) is 23.6 Å². The van der Waals surface area contributed by atoms with Crippen molar-refractivity contribution in [3.8, 4) is 5.69 Å². The number of nitrogens with one attached hydrogen (secondary N) is 1. The molecule has 0 fully saturated rings. The zero-order valence-electron chi connectivity index (χ0n) is 19.6. The van der Waals surface area contributed by atoms with Crippen molar-refractivity contribution in [2.75, 3.05) is 5.32 Å². The lowest BCUT2D eigenvalue weighted by Gasteiger charge is -2.34. The van der Waals surface area contributed by atoms with E-state index in [1.165, 1.54) is 6.07 Å². The van der Waals surface area contributed by atoms with Crippen LogP contribution in [0, 0.1) is 6.92 Å². The van der Waals surface area contributed by atoms with E-state index in [4.69, 9.17) is 0 Å². The third-order valence-corrected chi connectivity index (χ3v) is 6.37. The molecule has 0 radical (unpaired) electrons. The van der Waals surface area contributed by atoms with E-state index in [-0.39, 0.29) is 11.5 Å². The van der Waals surface area contributed by atoms with E-state index in [0.29, 0.717) is 41.8 Å². The number of anilines is 2. The number of fused-ring (bicyclic) bond motifs is 1. The summed E-state index contributed by atoms with van der Waals surface area (Å²) in [5, 5.41) is 28.2. The number of alkyl halides is 3. The SMILES string of the molecule is Cc1cc(Nc2nccc(C(F)(F)F)n2)cc(-n2cc(C3(O)CCCc4cc(C(=O)O)ccc43)cn2)c1. The Hall–Kier alpha value is -4.25. The van der Waals surface area contributed by atoms with Crippen LogP contribution in [0.25, 0.3) is 5.69 Å². The molecule has 0 bridgehead atoms. The Bertz CT molecular complexity index is 1500. The number of aromatic carboxylic acids is 1. The minimum atomic E-state index is -4.59. The third-order valence-electron chi connectivity index (χ3n) is 6.37. The highest BCUT2D eigenvalue weighted by atomic mass is 19.4. The number of aromatic nitrogens is 4. The van der Waals surface area contributed by atoms with E-state index < -0.39 is 23.4 Å². The number of carbonyl (C=O) groups is 1. The number of aryl methyl sites for hydroxylation is 2. The van der Waals surface area contributed by atoms with Gasteiger partial charge in [0.15, 0.2) is 0 Å². The molecule has 4 aromatic rings. The van der Waals surface area contributed by atoms with Crippen LogP contribution in [0.2, 0.25) is 0 Å². The van der Waals surface area contributed by atoms with E-state index in [1.54, 1.807) is 41.3 Å². The quantitative estimate of drug-likeness (QED) is 0.347. The molecular formula is C26H22F3N5O3. The Morgan fingerprint density at radius 3 is 2.73 bits per heavy atom. The fourth-order valence-electron chi connectivity index (χ4n) is 4.66. The first kappa shape index (κ1) is 24.4. The maximum absolute atomic E-state index is 13.0. The number of benzene rings is 2. The Balaban J connectivity index is 1.46. The fraction of sp³-hybridized carbons (Fsp3) is 0.231. The van der Waals surface area contributed by atoms with Crippen molar-refractivity contribution in [1.82, 2.24) is 19.7 Å². The number of aliphatic hydroxyl groups is 1. The molecule has 3 N–H and O–H groups in total. The molecular weight excluding hydrogens is 487 g/mol. The van der Waals surface area contributed by atoms with Gasteiger partial charge in [-0.2, -0.15) is 18.3 Å². The van der Waals surface area contributed by atoms with Crippen molar-refractivity contribution in [2.24, 2.45) is 0 Å². The van der Waals surface area contributed by atoms with Crippen LogP contribution in [0.4, 0.5) is 24.8 Å². The Labute approximate surface area is 209 Å². The van der Waals surface area contributed by atoms with E-state index in [0.717, 1.165) is 23.4 Å². The lowest BCUT2D eigenvalue weighted by atomic mass is 9.75. The molecule has 8 nitrogen and oxygen atoms in total. The number of hydrogen-bond acceptors (Lipinski definition) is 6. The minimum Gasteiger partial charge on any atom is -0.478 e. The molecule has 5 rings (SSSR count). The van der Waals surface area contributed by atoms with Crippen molar-refractivity contribution in [3.05, 3.63) is 94.6 Å². The largest absolute Gasteiger partial charge is 0.478 e. The molecule has 0 aliphatic heterocycles. The molecule has 2 aromatic heterocycles. The summed E-state index contributed by atoms with van der Waals surface area (Å²) in [4.78, 5) is 18.8. The van der Waals surface area contributed by atoms with Crippen LogP contribution >= 0.6 is 0 Å². The van der Waals surface area contributed by atoms with Crippen LogP contribution in [-0.4, -0.2) is 35.9 Å². The second-order valence-electron chi connectivity index (χ2n) is 9.01. The molecule has 2 heterocycles. The summed E-state index contributed by atoms with van der Waals surface area (Å²) in [5.74, 6) is -1.22. The smallest absolute Gasteiger partial charge is 0.433 e. The molecule has 0 spiro atoms. The summed E-state index contributed by atoms with van der Waals surface area (Å²) in [6.07, 6.45) is 1.49. The summed E-state index contributed by atoms with van der Waals surface area (Å²) in [7, 11) is 0. The normalized spacial score (nSPS) is 17.3. The number of nitrogens with zero attached hydrogens (tertiary/aromatic N) is 4. The van der Waals surface area contributed by atoms with Crippen LogP contribution in [-0.2, 0) is 18.2 Å². The van der Waals surface area contributed by atoms with Gasteiger partial charge in [-0.3, -0.25) is 0 Å². The van der Waals surface area contributed by atoms with Gasteiger partial charge in [0.05, 0.1) is 17.4 Å². The van der Waals surface area contributed by atoms with Crippen LogP contribution in [0.1, 0.15) is 51.1 Å². The van der Waals surface area contributed by atoms with Gasteiger partial charge in [-0.15, -0.1) is 0 Å². The van der Waals surface area contributed by atoms with Gasteiger partial charge in [-0.05, 0) is 79.3 Å². The van der Waals surface area contributed by atoms with Gasteiger partial charge in [0.1, 0.15) is 11.3 Å². The van der Waals surface area contributed by atoms with Crippen molar-refractivity contribution in [2.45, 2.75) is 38.0 Å². The van der Waals surface area contributed by atoms with Gasteiger partial charge in [0.2, 0.25) is 5.95 Å². The van der Waals surface area contributed by atoms with Crippen molar-refractivity contribution < 1.29 is 28.2 Å². The number of halogens is 3. The van der Waals surface area contributed by atoms with Crippen LogP contribution < -0.4 is 5.32 Å². The van der Waals surface area contributed by atoms with Crippen molar-refractivity contribution in [1.29, 1.82) is 0 Å². The highest BCUT2D eigenvalue weighted by Crippen LogP contribution is 2.41. The molecule has 2 aromatic carbocycles. The molecule has 1 unspecified atom stereocenters. The number of rotatable bonds is 5. The van der Waals surface area contributed by atoms with E-state index in [2.05, 4.69) is 20.4 Å². The topological polar surface area (TPSA) is 113 Å². The maximum atomic E-state index is 13.0. The molecule has 37 heavy (non-hydrogen) atoms.